The van der Waals surface area contributed by atoms with E-state index in [4.69, 9.17) is 11.6 Å². The Kier molecular flexibility index (Phi) is 2.40. The number of benzene rings is 1. The summed E-state index contributed by atoms with van der Waals surface area (Å²) in [4.78, 5) is 0. The quantitative estimate of drug-likeness (QED) is 0.820. The molecule has 0 N–H and O–H groups in total. The summed E-state index contributed by atoms with van der Waals surface area (Å²) in [5, 5.41) is 8.23. The van der Waals surface area contributed by atoms with Crippen LogP contribution in [-0.4, -0.2) is 14.8 Å². The number of hydrogen-bond acceptors (Lipinski definition) is 2. The molecule has 1 fully saturated rings. The van der Waals surface area contributed by atoms with Crippen LogP contribution in [0.25, 0.3) is 5.69 Å². The number of aromatic nitrogens is 3. The van der Waals surface area contributed by atoms with Crippen molar-refractivity contribution in [2.45, 2.75) is 25.7 Å². The highest BCUT2D eigenvalue weighted by atomic mass is 35.5. The Labute approximate surface area is 103 Å². The molecule has 0 bridgehead atoms. The van der Waals surface area contributed by atoms with Crippen LogP contribution in [0.1, 0.15) is 30.1 Å². The van der Waals surface area contributed by atoms with Crippen LogP contribution in [0, 0.1) is 12.7 Å². The van der Waals surface area contributed by atoms with Crippen LogP contribution in [0.15, 0.2) is 18.2 Å². The number of hydrogen-bond donors (Lipinski definition) is 0. The smallest absolute Gasteiger partial charge is 0.229 e. The van der Waals surface area contributed by atoms with Crippen molar-refractivity contribution < 1.29 is 4.39 Å². The summed E-state index contributed by atoms with van der Waals surface area (Å²) in [5.74, 6) is 0.977. The van der Waals surface area contributed by atoms with Crippen molar-refractivity contribution in [1.29, 1.82) is 0 Å². The minimum Gasteiger partial charge on any atom is -0.269 e. The molecule has 1 aromatic heterocycles. The van der Waals surface area contributed by atoms with Gasteiger partial charge in [0.2, 0.25) is 5.28 Å². The van der Waals surface area contributed by atoms with Crippen molar-refractivity contribution in [3.8, 4) is 5.69 Å². The highest BCUT2D eigenvalue weighted by Gasteiger charge is 2.30. The molecule has 1 saturated carbocycles. The maximum atomic E-state index is 13.4. The highest BCUT2D eigenvalue weighted by Crippen LogP contribution is 2.40. The van der Waals surface area contributed by atoms with Gasteiger partial charge < -0.3 is 0 Å². The zero-order valence-electron chi connectivity index (χ0n) is 9.32. The van der Waals surface area contributed by atoms with Gasteiger partial charge in [0, 0.05) is 5.92 Å². The van der Waals surface area contributed by atoms with Crippen molar-refractivity contribution >= 4 is 11.6 Å². The third-order valence-corrected chi connectivity index (χ3v) is 3.12. The van der Waals surface area contributed by atoms with Crippen LogP contribution in [0.4, 0.5) is 4.39 Å². The molecule has 0 radical (unpaired) electrons. The summed E-state index contributed by atoms with van der Waals surface area (Å²) < 4.78 is 15.1. The molecule has 5 heteroatoms. The SMILES string of the molecule is Cc1cc(F)cc(-n2c(Cl)nnc2C2CC2)c1. The molecule has 2 aromatic rings. The van der Waals surface area contributed by atoms with E-state index in [0.29, 0.717) is 11.6 Å². The minimum atomic E-state index is -0.272. The summed E-state index contributed by atoms with van der Waals surface area (Å²) in [6, 6.07) is 4.82. The third kappa shape index (κ3) is 1.93. The largest absolute Gasteiger partial charge is 0.269 e. The lowest BCUT2D eigenvalue weighted by molar-refractivity contribution is 0.625. The lowest BCUT2D eigenvalue weighted by Gasteiger charge is -2.08. The van der Waals surface area contributed by atoms with Gasteiger partial charge in [0.05, 0.1) is 5.69 Å². The molecule has 0 atom stereocenters. The predicted octanol–water partition coefficient (Wildman–Crippen LogP) is 3.25. The molecule has 1 heterocycles. The van der Waals surface area contributed by atoms with Crippen LogP contribution in [0.2, 0.25) is 5.28 Å². The lowest BCUT2D eigenvalue weighted by Crippen LogP contribution is -2.01. The normalized spacial score (nSPS) is 15.2. The number of rotatable bonds is 2. The summed E-state index contributed by atoms with van der Waals surface area (Å²) >= 11 is 6.02. The molecular formula is C12H11ClFN3. The van der Waals surface area contributed by atoms with Crippen LogP contribution in [0.5, 0.6) is 0 Å². The monoisotopic (exact) mass is 251 g/mol. The van der Waals surface area contributed by atoms with Crippen LogP contribution < -0.4 is 0 Å². The predicted molar refractivity (Wildman–Crippen MR) is 63.0 cm³/mol. The Hall–Kier alpha value is -1.42. The topological polar surface area (TPSA) is 30.7 Å². The molecule has 0 saturated heterocycles. The second-order valence-electron chi connectivity index (χ2n) is 4.42. The molecule has 88 valence electrons. The van der Waals surface area contributed by atoms with Gasteiger partial charge in [-0.1, -0.05) is 0 Å². The van der Waals surface area contributed by atoms with Gasteiger partial charge in [-0.3, -0.25) is 4.57 Å². The van der Waals surface area contributed by atoms with E-state index in [-0.39, 0.29) is 11.1 Å². The first kappa shape index (κ1) is 10.7. The Bertz CT molecular complexity index is 555. The van der Waals surface area contributed by atoms with Gasteiger partial charge in [0.25, 0.3) is 0 Å². The molecule has 3 nitrogen and oxygen atoms in total. The van der Waals surface area contributed by atoms with Gasteiger partial charge >= 0.3 is 0 Å². The average Bonchev–Trinajstić information content (AvgIpc) is 3.01. The molecule has 1 aliphatic rings. The van der Waals surface area contributed by atoms with Gasteiger partial charge in [-0.05, 0) is 55.1 Å². The fourth-order valence-corrected chi connectivity index (χ4v) is 2.19. The van der Waals surface area contributed by atoms with Crippen LogP contribution in [-0.2, 0) is 0 Å². The van der Waals surface area contributed by atoms with Gasteiger partial charge in [-0.2, -0.15) is 0 Å². The first-order valence-electron chi connectivity index (χ1n) is 5.53. The molecule has 1 aliphatic carbocycles. The van der Waals surface area contributed by atoms with Crippen molar-refractivity contribution in [2.24, 2.45) is 0 Å². The average molecular weight is 252 g/mol. The standard InChI is InChI=1S/C12H11ClFN3/c1-7-4-9(14)6-10(5-7)17-11(8-2-3-8)15-16-12(17)13/h4-6,8H,2-3H2,1H3. The number of nitrogens with zero attached hydrogens (tertiary/aromatic N) is 3. The minimum absolute atomic E-state index is 0.272. The number of halogens is 2. The lowest BCUT2D eigenvalue weighted by atomic mass is 10.2. The van der Waals surface area contributed by atoms with Crippen molar-refractivity contribution in [1.82, 2.24) is 14.8 Å². The summed E-state index contributed by atoms with van der Waals surface area (Å²) in [6.07, 6.45) is 2.20. The second-order valence-corrected chi connectivity index (χ2v) is 4.76. The van der Waals surface area contributed by atoms with E-state index in [1.54, 1.807) is 4.57 Å². The van der Waals surface area contributed by atoms with E-state index >= 15 is 0 Å². The Morgan fingerprint density at radius 1 is 1.29 bits per heavy atom. The first-order valence-corrected chi connectivity index (χ1v) is 5.91. The fraction of sp³-hybridized carbons (Fsp3) is 0.333. The van der Waals surface area contributed by atoms with E-state index in [0.717, 1.165) is 24.2 Å². The summed E-state index contributed by atoms with van der Waals surface area (Å²) in [5.41, 5.74) is 1.55. The molecular weight excluding hydrogens is 241 g/mol. The molecule has 0 aliphatic heterocycles. The van der Waals surface area contributed by atoms with Crippen molar-refractivity contribution in [2.75, 3.05) is 0 Å². The van der Waals surface area contributed by atoms with Crippen LogP contribution >= 0.6 is 11.6 Å². The van der Waals surface area contributed by atoms with E-state index in [1.165, 1.54) is 12.1 Å². The maximum Gasteiger partial charge on any atom is 0.229 e. The Balaban J connectivity index is 2.16. The molecule has 1 aromatic carbocycles. The van der Waals surface area contributed by atoms with Crippen molar-refractivity contribution in [3.63, 3.8) is 0 Å². The zero-order valence-corrected chi connectivity index (χ0v) is 10.1. The molecule has 0 spiro atoms. The highest BCUT2D eigenvalue weighted by molar-refractivity contribution is 6.28. The van der Waals surface area contributed by atoms with Gasteiger partial charge in [-0.25, -0.2) is 4.39 Å². The van der Waals surface area contributed by atoms with E-state index in [9.17, 15) is 4.39 Å². The molecule has 0 unspecified atom stereocenters. The van der Waals surface area contributed by atoms with E-state index < -0.39 is 0 Å². The van der Waals surface area contributed by atoms with E-state index in [1.807, 2.05) is 13.0 Å². The van der Waals surface area contributed by atoms with Crippen molar-refractivity contribution in [3.05, 3.63) is 40.7 Å². The number of aryl methyl sites for hydroxylation is 1. The van der Waals surface area contributed by atoms with Crippen LogP contribution in [0.3, 0.4) is 0 Å². The van der Waals surface area contributed by atoms with Gasteiger partial charge in [0.15, 0.2) is 0 Å². The molecule has 3 rings (SSSR count). The molecule has 17 heavy (non-hydrogen) atoms. The summed E-state index contributed by atoms with van der Waals surface area (Å²) in [7, 11) is 0. The van der Waals surface area contributed by atoms with Gasteiger partial charge in [-0.15, -0.1) is 10.2 Å². The first-order chi connectivity index (χ1) is 8.15. The zero-order chi connectivity index (χ0) is 12.0. The van der Waals surface area contributed by atoms with E-state index in [2.05, 4.69) is 10.2 Å². The van der Waals surface area contributed by atoms with Gasteiger partial charge in [0.1, 0.15) is 11.6 Å². The summed E-state index contributed by atoms with van der Waals surface area (Å²) in [6.45, 7) is 1.85. The fourth-order valence-electron chi connectivity index (χ4n) is 1.97. The Morgan fingerprint density at radius 2 is 2.06 bits per heavy atom. The molecule has 0 amide bonds. The second kappa shape index (κ2) is 3.81. The Morgan fingerprint density at radius 3 is 2.71 bits per heavy atom. The third-order valence-electron chi connectivity index (χ3n) is 2.88. The maximum absolute atomic E-state index is 13.4.